The van der Waals surface area contributed by atoms with Gasteiger partial charge in [-0.25, -0.2) is 0 Å². The van der Waals surface area contributed by atoms with Gasteiger partial charge in [-0.05, 0) is 240 Å². The maximum atomic E-state index is 4.68. The van der Waals surface area contributed by atoms with Gasteiger partial charge in [0, 0.05) is 66.8 Å². The quantitative estimate of drug-likeness (QED) is 0.118. The molecule has 0 aliphatic carbocycles. The van der Waals surface area contributed by atoms with E-state index in [1.54, 1.807) is 0 Å². The van der Waals surface area contributed by atoms with Gasteiger partial charge in [-0.15, -0.1) is 0 Å². The maximum absolute atomic E-state index is 4.68. The number of rotatable bonds is 6. The molecule has 0 spiro atoms. The molecular weight excluding hydrogens is 1060 g/mol. The predicted molar refractivity (Wildman–Crippen MR) is 355 cm³/mol. The van der Waals surface area contributed by atoms with Crippen LogP contribution in [0.15, 0.2) is 231 Å². The highest BCUT2D eigenvalue weighted by Crippen LogP contribution is 2.29. The van der Waals surface area contributed by atoms with Crippen molar-refractivity contribution in [3.8, 4) is 71.0 Å². The van der Waals surface area contributed by atoms with E-state index in [-0.39, 0.29) is 0 Å². The molecule has 0 heterocycles. The maximum Gasteiger partial charge on any atom is 0.0882 e. The zero-order chi connectivity index (χ0) is 60.7. The summed E-state index contributed by atoms with van der Waals surface area (Å²) in [5.41, 5.74) is 23.3. The van der Waals surface area contributed by atoms with Crippen molar-refractivity contribution in [2.24, 2.45) is 30.7 Å². The van der Waals surface area contributed by atoms with Gasteiger partial charge < -0.3 is 0 Å². The normalized spacial score (nSPS) is 10.6. The van der Waals surface area contributed by atoms with E-state index >= 15 is 0 Å². The lowest BCUT2D eigenvalue weighted by molar-refractivity contribution is 1.22. The highest BCUT2D eigenvalue weighted by molar-refractivity contribution is 5.66. The molecule has 6 nitrogen and oxygen atoms in total. The van der Waals surface area contributed by atoms with Gasteiger partial charge in [0.15, 0.2) is 0 Å². The van der Waals surface area contributed by atoms with Crippen molar-refractivity contribution in [3.05, 3.63) is 317 Å². The highest BCUT2D eigenvalue weighted by atomic mass is 15.1. The standard InChI is InChI=1S/C81H60N6/c1-55-37-56(2)41-64(40-55)25-31-70-49-79(85-82-76-19-13-10-14-20-76)52-73(61(70)7)34-28-67-46-68(29-35-74-53-80(86-83-77-21-15-11-16-22-77)50-71(62(74)8)32-26-65-42-57(3)38-58(4)43-65)48-69(47-67)30-36-75-54-81(87-84-78-23-17-12-18-24-78)51-72(63(75)9)33-27-66-44-59(5)39-60(6)45-66/h10-24,37-54H,1-9H3/b85-82+,86-83+,87-84+. The minimum Gasteiger partial charge on any atom is -0.151 e. The fraction of sp³-hybridized carbons (Fsp3) is 0.111. The first-order valence-corrected chi connectivity index (χ1v) is 28.6. The Hall–Kier alpha value is -11.6. The smallest absolute Gasteiger partial charge is 0.0882 e. The molecule has 0 fully saturated rings. The van der Waals surface area contributed by atoms with Crippen LogP contribution in [0.2, 0.25) is 0 Å². The first-order valence-electron chi connectivity index (χ1n) is 28.6. The van der Waals surface area contributed by atoms with E-state index in [1.165, 1.54) is 0 Å². The van der Waals surface area contributed by atoms with Gasteiger partial charge in [-0.3, -0.25) is 0 Å². The molecule has 0 amide bonds. The number of benzene rings is 10. The molecule has 0 aromatic heterocycles. The van der Waals surface area contributed by atoms with Crippen molar-refractivity contribution in [2.45, 2.75) is 62.3 Å². The van der Waals surface area contributed by atoms with E-state index in [9.17, 15) is 0 Å². The van der Waals surface area contributed by atoms with Crippen LogP contribution in [-0.2, 0) is 0 Å². The number of nitrogens with zero attached hydrogens (tertiary/aromatic N) is 6. The average Bonchev–Trinajstić information content (AvgIpc) is 3.19. The lowest BCUT2D eigenvalue weighted by Crippen LogP contribution is -1.91. The Morgan fingerprint density at radius 2 is 0.368 bits per heavy atom. The number of hydrogen-bond donors (Lipinski definition) is 0. The molecule has 0 saturated heterocycles. The van der Waals surface area contributed by atoms with Gasteiger partial charge in [-0.1, -0.05) is 144 Å². The fourth-order valence-corrected chi connectivity index (χ4v) is 9.70. The van der Waals surface area contributed by atoms with Crippen LogP contribution in [-0.4, -0.2) is 0 Å². The summed E-state index contributed by atoms with van der Waals surface area (Å²) in [5.74, 6) is 41.6. The van der Waals surface area contributed by atoms with Crippen molar-refractivity contribution in [2.75, 3.05) is 0 Å². The molecule has 10 aromatic rings. The number of aryl methyl sites for hydroxylation is 6. The molecule has 87 heavy (non-hydrogen) atoms. The number of azo groups is 3. The van der Waals surface area contributed by atoms with Gasteiger partial charge >= 0.3 is 0 Å². The zero-order valence-corrected chi connectivity index (χ0v) is 50.2. The summed E-state index contributed by atoms with van der Waals surface area (Å²) in [6, 6.07) is 65.7. The predicted octanol–water partition coefficient (Wildman–Crippen LogP) is 20.1. The molecular formula is C81H60N6. The van der Waals surface area contributed by atoms with Crippen LogP contribution in [0.1, 0.15) is 117 Å². The lowest BCUT2D eigenvalue weighted by Gasteiger charge is -2.06. The Balaban J connectivity index is 1.12. The third-order valence-electron chi connectivity index (χ3n) is 13.9. The number of hydrogen-bond acceptors (Lipinski definition) is 6. The molecule has 0 bridgehead atoms. The summed E-state index contributed by atoms with van der Waals surface area (Å²) in [6.07, 6.45) is 0. The van der Waals surface area contributed by atoms with Gasteiger partial charge in [0.05, 0.1) is 34.1 Å². The second-order valence-corrected chi connectivity index (χ2v) is 21.5. The summed E-state index contributed by atoms with van der Waals surface area (Å²) in [4.78, 5) is 0. The Morgan fingerprint density at radius 1 is 0.184 bits per heavy atom. The first kappa shape index (κ1) is 58.6. The van der Waals surface area contributed by atoms with Crippen molar-refractivity contribution in [1.82, 2.24) is 0 Å². The van der Waals surface area contributed by atoms with E-state index in [1.807, 2.05) is 166 Å². The third kappa shape index (κ3) is 16.6. The van der Waals surface area contributed by atoms with Gasteiger partial charge in [0.25, 0.3) is 0 Å². The molecule has 0 unspecified atom stereocenters. The Morgan fingerprint density at radius 3 is 0.575 bits per heavy atom. The molecule has 0 radical (unpaired) electrons. The Bertz CT molecular complexity index is 4240. The highest BCUT2D eigenvalue weighted by Gasteiger charge is 2.10. The van der Waals surface area contributed by atoms with Crippen molar-refractivity contribution < 1.29 is 0 Å². The Labute approximate surface area is 512 Å². The molecule has 6 heteroatoms. The van der Waals surface area contributed by atoms with E-state index in [0.29, 0.717) is 33.8 Å². The largest absolute Gasteiger partial charge is 0.151 e. The van der Waals surface area contributed by atoms with Crippen LogP contribution >= 0.6 is 0 Å². The molecule has 0 saturated carbocycles. The summed E-state index contributed by atoms with van der Waals surface area (Å²) in [6.45, 7) is 18.6. The molecule has 10 aromatic carbocycles. The van der Waals surface area contributed by atoms with Crippen molar-refractivity contribution in [1.29, 1.82) is 0 Å². The Kier molecular flexibility index (Phi) is 18.6. The topological polar surface area (TPSA) is 74.2 Å². The molecule has 0 N–H and O–H groups in total. The van der Waals surface area contributed by atoms with E-state index in [4.69, 9.17) is 0 Å². The second-order valence-electron chi connectivity index (χ2n) is 21.5. The molecule has 0 aliphatic heterocycles. The van der Waals surface area contributed by atoms with Crippen LogP contribution in [0.3, 0.4) is 0 Å². The van der Waals surface area contributed by atoms with Gasteiger partial charge in [0.1, 0.15) is 0 Å². The second kappa shape index (κ2) is 27.6. The van der Waals surface area contributed by atoms with Gasteiger partial charge in [0.2, 0.25) is 0 Å². The molecule has 0 aliphatic rings. The van der Waals surface area contributed by atoms with Crippen molar-refractivity contribution >= 4 is 34.1 Å². The summed E-state index contributed by atoms with van der Waals surface area (Å²) < 4.78 is 0. The van der Waals surface area contributed by atoms with Crippen LogP contribution in [0, 0.1) is 133 Å². The monoisotopic (exact) mass is 1120 g/mol. The minimum absolute atomic E-state index is 0.627. The molecule has 0 atom stereocenters. The fourth-order valence-electron chi connectivity index (χ4n) is 9.70. The third-order valence-corrected chi connectivity index (χ3v) is 13.9. The summed E-state index contributed by atoms with van der Waals surface area (Å²) in [5, 5.41) is 27.7. The summed E-state index contributed by atoms with van der Waals surface area (Å²) in [7, 11) is 0. The van der Waals surface area contributed by atoms with E-state index in [2.05, 4.69) is 198 Å². The van der Waals surface area contributed by atoms with Crippen molar-refractivity contribution in [3.63, 3.8) is 0 Å². The zero-order valence-electron chi connectivity index (χ0n) is 50.2. The average molecular weight is 1120 g/mol. The van der Waals surface area contributed by atoms with E-state index in [0.717, 1.165) is 117 Å². The van der Waals surface area contributed by atoms with E-state index < -0.39 is 0 Å². The van der Waals surface area contributed by atoms with Crippen LogP contribution in [0.25, 0.3) is 0 Å². The summed E-state index contributed by atoms with van der Waals surface area (Å²) >= 11 is 0. The SMILES string of the molecule is Cc1cc(C)cc(C#Cc2cc(/N=N/c3ccccc3)cc(C#Cc3cc(C#Cc4cc(/N=N/c5ccccc5)cc(C#Cc5cc(C)cc(C)c5)c4C)cc(C#Cc4cc(/N=N/c5ccccc5)cc(C#Cc5cc(C)cc(C)c5)c4C)c3)c2C)c1. The van der Waals surface area contributed by atoms with Crippen LogP contribution in [0.5, 0.6) is 0 Å². The lowest BCUT2D eigenvalue weighted by atomic mass is 9.99. The van der Waals surface area contributed by atoms with Gasteiger partial charge in [-0.2, -0.15) is 30.7 Å². The molecule has 414 valence electrons. The first-order chi connectivity index (χ1) is 42.2. The minimum atomic E-state index is 0.627. The van der Waals surface area contributed by atoms with Crippen LogP contribution < -0.4 is 0 Å². The van der Waals surface area contributed by atoms with Crippen LogP contribution in [0.4, 0.5) is 34.1 Å². The molecule has 10 rings (SSSR count).